The Kier molecular flexibility index (Phi) is 22.0. The molecule has 2 aliphatic heterocycles. The number of thiocarbonyl (C=S) groups is 2. The van der Waals surface area contributed by atoms with E-state index in [0.29, 0.717) is 107 Å². The molecule has 16 nitrogen and oxygen atoms in total. The summed E-state index contributed by atoms with van der Waals surface area (Å²) >= 11 is 13.3. The van der Waals surface area contributed by atoms with Crippen molar-refractivity contribution in [3.63, 3.8) is 0 Å². The van der Waals surface area contributed by atoms with E-state index in [2.05, 4.69) is 44.4 Å². The zero-order valence-electron chi connectivity index (χ0n) is 47.5. The number of piperidine rings is 2. The van der Waals surface area contributed by atoms with Crippen LogP contribution in [0.4, 0.5) is 0 Å². The number of Topliss-reactive ketones (excluding diaryl/α,β-unsaturated/α-hetero) is 1. The van der Waals surface area contributed by atoms with Crippen LogP contribution in [0.25, 0.3) is 0 Å². The summed E-state index contributed by atoms with van der Waals surface area (Å²) < 4.78 is 18.2. The number of aromatic nitrogens is 4. The number of ether oxygens (including phenoxy) is 3. The van der Waals surface area contributed by atoms with Crippen LogP contribution in [0.15, 0.2) is 73.6 Å². The minimum absolute atomic E-state index is 0.121. The molecule has 4 aromatic rings. The number of hydrogen-bond donors (Lipinski definition) is 4. The average Bonchev–Trinajstić information content (AvgIpc) is 4.31. The number of methoxy groups -OCH3 is 2. The van der Waals surface area contributed by atoms with Crippen LogP contribution in [-0.2, 0) is 44.8 Å². The molecule has 4 aliphatic rings. The molecule has 2 saturated carbocycles. The minimum Gasteiger partial charge on any atom is -0.497 e. The van der Waals surface area contributed by atoms with Gasteiger partial charge >= 0.3 is 0 Å². The van der Waals surface area contributed by atoms with Crippen molar-refractivity contribution in [3.8, 4) is 11.5 Å². The van der Waals surface area contributed by atoms with Crippen LogP contribution < -0.4 is 20.1 Å². The second kappa shape index (κ2) is 29.2. The number of rotatable bonds is 24. The Balaban J connectivity index is 1.23. The lowest BCUT2D eigenvalue weighted by Gasteiger charge is -2.51. The Morgan fingerprint density at radius 3 is 1.49 bits per heavy atom. The number of carbonyl (C=O) groups excluding carboxylic acids is 3. The number of hydrazine groups is 1. The molecule has 0 spiro atoms. The summed E-state index contributed by atoms with van der Waals surface area (Å²) in [5.41, 5.74) is 2.68. The van der Waals surface area contributed by atoms with E-state index in [-0.39, 0.29) is 40.5 Å². The molecule has 4 N–H and O–H groups in total. The molecular weight excluding hydrogens is 1030 g/mol. The molecule has 79 heavy (non-hydrogen) atoms. The van der Waals surface area contributed by atoms with E-state index in [0.717, 1.165) is 86.7 Å². The fourth-order valence-electron chi connectivity index (χ4n) is 13.2. The molecule has 0 bridgehead atoms. The van der Waals surface area contributed by atoms with Gasteiger partial charge in [0.1, 0.15) is 29.4 Å². The van der Waals surface area contributed by atoms with Gasteiger partial charge in [-0.05, 0) is 136 Å². The summed E-state index contributed by atoms with van der Waals surface area (Å²) in [6, 6.07) is 13.6. The lowest BCUT2D eigenvalue weighted by Crippen LogP contribution is -2.69. The van der Waals surface area contributed by atoms with Gasteiger partial charge in [-0.2, -0.15) is 0 Å². The maximum Gasteiger partial charge on any atom is 0.247 e. The van der Waals surface area contributed by atoms with Crippen molar-refractivity contribution in [1.82, 2.24) is 50.4 Å². The van der Waals surface area contributed by atoms with Crippen molar-refractivity contribution < 1.29 is 28.6 Å². The van der Waals surface area contributed by atoms with Gasteiger partial charge in [0.05, 0.1) is 43.9 Å². The number of benzene rings is 2. The first-order valence-corrected chi connectivity index (χ1v) is 30.4. The van der Waals surface area contributed by atoms with Crippen molar-refractivity contribution in [2.45, 2.75) is 166 Å². The minimum atomic E-state index is -1.01. The van der Waals surface area contributed by atoms with Gasteiger partial charge in [0.25, 0.3) is 0 Å². The van der Waals surface area contributed by atoms with E-state index in [1.807, 2.05) is 80.7 Å². The van der Waals surface area contributed by atoms with E-state index in [1.54, 1.807) is 26.9 Å². The molecule has 2 amide bonds. The molecule has 2 atom stereocenters. The van der Waals surface area contributed by atoms with Crippen LogP contribution in [-0.4, -0.2) is 145 Å². The SMILES string of the molecule is CCCOC1(C2CCCCC2)CCN(C(=O)[C@@H](Cc2ccc(OC)cc2)N(C(=S)NCCc2c[nH]cn2)N(C(=S)NCCc2c[nH]cn2)[C@H](Cc2ccc(OC)cc2)C(=O)N2CCC(C(=O)CCC)(C3CCCCC3)CC2)CC1. The van der Waals surface area contributed by atoms with E-state index in [4.69, 9.17) is 38.6 Å². The number of nitrogens with zero attached hydrogens (tertiary/aromatic N) is 6. The molecule has 2 aliphatic carbocycles. The van der Waals surface area contributed by atoms with E-state index < -0.39 is 17.5 Å². The summed E-state index contributed by atoms with van der Waals surface area (Å²) in [6.45, 7) is 7.58. The highest BCUT2D eigenvalue weighted by Gasteiger charge is 2.50. The van der Waals surface area contributed by atoms with Crippen LogP contribution in [0.5, 0.6) is 11.5 Å². The van der Waals surface area contributed by atoms with Gasteiger partial charge in [-0.3, -0.25) is 14.4 Å². The smallest absolute Gasteiger partial charge is 0.247 e. The van der Waals surface area contributed by atoms with Gasteiger partial charge in [0, 0.05) is 95.8 Å². The fourth-order valence-corrected chi connectivity index (χ4v) is 13.9. The van der Waals surface area contributed by atoms with Crippen LogP contribution >= 0.6 is 24.4 Å². The highest BCUT2D eigenvalue weighted by molar-refractivity contribution is 7.80. The average molecular weight is 1120 g/mol. The first-order valence-electron chi connectivity index (χ1n) is 29.6. The Labute approximate surface area is 480 Å². The summed E-state index contributed by atoms with van der Waals surface area (Å²) in [5.74, 6) is 2.20. The standard InChI is InChI=1S/C61H88N10O6S2/c1-5-13-55(72)60(47-14-9-7-10-15-47)28-34-68(35-29-60)56(73)53(39-45-18-22-51(75-3)23-19-45)70(58(78)64-32-26-49-41-62-43-66-49)71(59(79)65-33-27-50-42-63-44-67-50)54(40-46-20-24-52(76-4)25-21-46)57(74)69-36-30-61(31-37-69,77-38-6-2)48-16-11-8-12-17-48/h18-25,41-44,47-48,53-54H,5-17,26-40H2,1-4H3,(H,62,66)(H,63,67)(H,64,78)(H,65,79)/t53-,54-/m1/s1. The van der Waals surface area contributed by atoms with Crippen molar-refractivity contribution in [1.29, 1.82) is 0 Å². The maximum absolute atomic E-state index is 16.3. The quantitative estimate of drug-likeness (QED) is 0.0386. The number of carbonyl (C=O) groups is 3. The van der Waals surface area contributed by atoms with Crippen molar-refractivity contribution in [3.05, 3.63) is 96.1 Å². The lowest BCUT2D eigenvalue weighted by atomic mass is 9.61. The molecule has 0 unspecified atom stereocenters. The Morgan fingerprint density at radius 2 is 1.09 bits per heavy atom. The largest absolute Gasteiger partial charge is 0.497 e. The summed E-state index contributed by atoms with van der Waals surface area (Å²) in [7, 11) is 3.28. The number of aromatic amines is 2. The third-order valence-electron chi connectivity index (χ3n) is 17.7. The summed E-state index contributed by atoms with van der Waals surface area (Å²) in [5, 5.41) is 11.2. The second-order valence-corrected chi connectivity index (χ2v) is 23.2. The number of nitrogens with one attached hydrogen (secondary N) is 4. The highest BCUT2D eigenvalue weighted by Crippen LogP contribution is 2.48. The fraction of sp³-hybridized carbons (Fsp3) is 0.623. The topological polar surface area (TPSA) is 173 Å². The number of imidazole rings is 2. The molecule has 4 heterocycles. The van der Waals surface area contributed by atoms with E-state index >= 15 is 9.59 Å². The third-order valence-corrected chi connectivity index (χ3v) is 18.3. The Hall–Kier alpha value is -5.59. The van der Waals surface area contributed by atoms with Gasteiger partial charge in [-0.25, -0.2) is 20.0 Å². The predicted octanol–water partition coefficient (Wildman–Crippen LogP) is 9.35. The monoisotopic (exact) mass is 1120 g/mol. The third kappa shape index (κ3) is 15.1. The Morgan fingerprint density at radius 1 is 0.646 bits per heavy atom. The maximum atomic E-state index is 16.3. The number of likely N-dealkylation sites (tertiary alicyclic amines) is 2. The zero-order valence-corrected chi connectivity index (χ0v) is 49.1. The van der Waals surface area contributed by atoms with E-state index in [9.17, 15) is 4.79 Å². The van der Waals surface area contributed by atoms with Crippen LogP contribution in [0, 0.1) is 17.3 Å². The molecule has 2 aromatic carbocycles. The van der Waals surface area contributed by atoms with Crippen molar-refractivity contribution >= 4 is 52.3 Å². The van der Waals surface area contributed by atoms with Gasteiger partial charge in [0.15, 0.2) is 10.2 Å². The van der Waals surface area contributed by atoms with Crippen molar-refractivity contribution in [2.24, 2.45) is 17.3 Å². The Bertz CT molecular complexity index is 2520. The molecule has 0 radical (unpaired) electrons. The van der Waals surface area contributed by atoms with Crippen molar-refractivity contribution in [2.75, 3.05) is 60.1 Å². The molecule has 4 fully saturated rings. The highest BCUT2D eigenvalue weighted by atomic mass is 32.1. The molecule has 2 saturated heterocycles. The first kappa shape index (κ1) is 59.5. The van der Waals surface area contributed by atoms with Crippen LogP contribution in [0.3, 0.4) is 0 Å². The zero-order chi connectivity index (χ0) is 55.6. The number of H-pyrrole nitrogens is 2. The van der Waals surface area contributed by atoms with Crippen LogP contribution in [0.1, 0.15) is 146 Å². The van der Waals surface area contributed by atoms with Gasteiger partial charge < -0.3 is 44.6 Å². The predicted molar refractivity (Wildman–Crippen MR) is 317 cm³/mol. The normalized spacial score (nSPS) is 18.5. The molecule has 430 valence electrons. The lowest BCUT2D eigenvalue weighted by molar-refractivity contribution is -0.157. The van der Waals surface area contributed by atoms with Gasteiger partial charge in [0.2, 0.25) is 11.8 Å². The number of hydrogen-bond acceptors (Lipinski definition) is 10. The molecular formula is C61H88N10O6S2. The van der Waals surface area contributed by atoms with Crippen LogP contribution in [0.2, 0.25) is 0 Å². The number of amides is 2. The summed E-state index contributed by atoms with van der Waals surface area (Å²) in [4.78, 5) is 66.0. The molecule has 8 rings (SSSR count). The molecule has 18 heteroatoms. The number of ketones is 1. The van der Waals surface area contributed by atoms with Gasteiger partial charge in [-0.15, -0.1) is 0 Å². The first-order chi connectivity index (χ1) is 38.5. The summed E-state index contributed by atoms with van der Waals surface area (Å²) in [6.07, 6.45) is 25.0. The van der Waals surface area contributed by atoms with Gasteiger partial charge in [-0.1, -0.05) is 76.6 Å². The second-order valence-electron chi connectivity index (χ2n) is 22.5. The molecule has 2 aromatic heterocycles. The van der Waals surface area contributed by atoms with E-state index in [1.165, 1.54) is 25.7 Å².